The van der Waals surface area contributed by atoms with Crippen LogP contribution in [-0.2, 0) is 0 Å². The fourth-order valence-corrected chi connectivity index (χ4v) is 1.67. The van der Waals surface area contributed by atoms with E-state index < -0.39 is 0 Å². The smallest absolute Gasteiger partial charge is 0.235 e. The first-order chi connectivity index (χ1) is 7.20. The van der Waals surface area contributed by atoms with Crippen molar-refractivity contribution in [2.45, 2.75) is 0 Å². The zero-order chi connectivity index (χ0) is 10.8. The van der Waals surface area contributed by atoms with Gasteiger partial charge in [-0.3, -0.25) is 0 Å². The number of nitrogen functional groups attached to an aromatic ring is 1. The first-order valence-electron chi connectivity index (χ1n) is 4.36. The fraction of sp³-hybridized carbons (Fsp3) is 0.100. The molecule has 4 nitrogen and oxygen atoms in total. The molecule has 0 bridgehead atoms. The Balaban J connectivity index is 2.48. The molecule has 2 N–H and O–H groups in total. The highest BCUT2D eigenvalue weighted by Crippen LogP contribution is 2.21. The first kappa shape index (κ1) is 10.0. The molecule has 0 atom stereocenters. The Labute approximate surface area is 95.8 Å². The Bertz CT molecular complexity index is 481. The van der Waals surface area contributed by atoms with Gasteiger partial charge in [0.25, 0.3) is 0 Å². The number of methoxy groups -OCH3 is 1. The van der Waals surface area contributed by atoms with Gasteiger partial charge in [-0.05, 0) is 18.2 Å². The Kier molecular flexibility index (Phi) is 2.64. The predicted octanol–water partition coefficient (Wildman–Crippen LogP) is 2.23. The molecule has 0 amide bonds. The van der Waals surface area contributed by atoms with E-state index in [1.54, 1.807) is 17.9 Å². The molecule has 0 aliphatic rings. The number of halogens is 1. The first-order valence-corrected chi connectivity index (χ1v) is 5.15. The molecule has 0 saturated heterocycles. The second-order valence-electron chi connectivity index (χ2n) is 3.00. The summed E-state index contributed by atoms with van der Waals surface area (Å²) in [6.07, 6.45) is 0. The molecular weight excluding hydrogens is 258 g/mol. The summed E-state index contributed by atoms with van der Waals surface area (Å²) in [5.41, 5.74) is 6.70. The molecule has 0 radical (unpaired) electrons. The summed E-state index contributed by atoms with van der Waals surface area (Å²) in [5, 5.41) is 4.19. The van der Waals surface area contributed by atoms with E-state index >= 15 is 0 Å². The van der Waals surface area contributed by atoms with Crippen molar-refractivity contribution in [1.29, 1.82) is 0 Å². The van der Waals surface area contributed by atoms with Crippen LogP contribution in [0.2, 0.25) is 0 Å². The monoisotopic (exact) mass is 267 g/mol. The van der Waals surface area contributed by atoms with Crippen molar-refractivity contribution in [3.63, 3.8) is 0 Å². The quantitative estimate of drug-likeness (QED) is 0.908. The molecule has 0 unspecified atom stereocenters. The summed E-state index contributed by atoms with van der Waals surface area (Å²) in [6.45, 7) is 0. The zero-order valence-electron chi connectivity index (χ0n) is 8.14. The lowest BCUT2D eigenvalue weighted by molar-refractivity contribution is 0.394. The number of anilines is 1. The molecule has 2 aromatic rings. The Morgan fingerprint density at radius 2 is 2.20 bits per heavy atom. The maximum absolute atomic E-state index is 5.80. The number of hydrogen-bond donors (Lipinski definition) is 1. The van der Waals surface area contributed by atoms with Crippen molar-refractivity contribution < 1.29 is 4.74 Å². The lowest BCUT2D eigenvalue weighted by Gasteiger charge is -2.03. The third-order valence-electron chi connectivity index (χ3n) is 1.98. The minimum absolute atomic E-state index is 0.507. The van der Waals surface area contributed by atoms with Gasteiger partial charge in [-0.2, -0.15) is 0 Å². The minimum Gasteiger partial charge on any atom is -0.480 e. The van der Waals surface area contributed by atoms with Crippen molar-refractivity contribution in [3.05, 3.63) is 34.8 Å². The van der Waals surface area contributed by atoms with E-state index in [9.17, 15) is 0 Å². The highest BCUT2D eigenvalue weighted by atomic mass is 79.9. The molecule has 0 aliphatic heterocycles. The fourth-order valence-electron chi connectivity index (χ4n) is 1.29. The zero-order valence-corrected chi connectivity index (χ0v) is 9.73. The van der Waals surface area contributed by atoms with E-state index in [-0.39, 0.29) is 0 Å². The van der Waals surface area contributed by atoms with Gasteiger partial charge in [0.1, 0.15) is 5.82 Å². The summed E-state index contributed by atoms with van der Waals surface area (Å²) < 4.78 is 7.61. The van der Waals surface area contributed by atoms with Crippen LogP contribution in [0.5, 0.6) is 5.88 Å². The van der Waals surface area contributed by atoms with Crippen molar-refractivity contribution in [2.75, 3.05) is 12.8 Å². The number of hydrogen-bond acceptors (Lipinski definition) is 3. The minimum atomic E-state index is 0.507. The van der Waals surface area contributed by atoms with Crippen LogP contribution in [0.4, 0.5) is 5.82 Å². The largest absolute Gasteiger partial charge is 0.480 e. The highest BCUT2D eigenvalue weighted by molar-refractivity contribution is 9.10. The summed E-state index contributed by atoms with van der Waals surface area (Å²) in [4.78, 5) is 0. The van der Waals surface area contributed by atoms with E-state index in [4.69, 9.17) is 10.5 Å². The van der Waals surface area contributed by atoms with Crippen molar-refractivity contribution in [2.24, 2.45) is 0 Å². The van der Waals surface area contributed by atoms with Crippen LogP contribution in [-0.4, -0.2) is 16.9 Å². The van der Waals surface area contributed by atoms with Crippen molar-refractivity contribution in [1.82, 2.24) is 9.78 Å². The van der Waals surface area contributed by atoms with Gasteiger partial charge in [0.05, 0.1) is 12.8 Å². The molecule has 0 fully saturated rings. The number of nitrogens with two attached hydrogens (primary N) is 1. The molecule has 1 aromatic heterocycles. The second-order valence-corrected chi connectivity index (χ2v) is 3.92. The molecular formula is C10H10BrN3O. The third-order valence-corrected chi connectivity index (χ3v) is 2.47. The normalized spacial score (nSPS) is 10.3. The van der Waals surface area contributed by atoms with Crippen molar-refractivity contribution in [3.8, 4) is 11.6 Å². The standard InChI is InChI=1S/C10H10BrN3O/c1-15-10-6-9(12)14(13-10)8-4-2-3-7(11)5-8/h2-6H,12H2,1H3. The maximum atomic E-state index is 5.80. The average Bonchev–Trinajstić information content (AvgIpc) is 2.60. The lowest BCUT2D eigenvalue weighted by atomic mass is 10.3. The Hall–Kier alpha value is -1.49. The highest BCUT2D eigenvalue weighted by Gasteiger charge is 2.06. The topological polar surface area (TPSA) is 53.1 Å². The summed E-state index contributed by atoms with van der Waals surface area (Å²) in [5.74, 6) is 1.05. The second kappa shape index (κ2) is 3.94. The average molecular weight is 268 g/mol. The van der Waals surface area contributed by atoms with Crippen molar-refractivity contribution >= 4 is 21.7 Å². The summed E-state index contributed by atoms with van der Waals surface area (Å²) >= 11 is 3.39. The molecule has 0 saturated carbocycles. The van der Waals surface area contributed by atoms with E-state index in [0.29, 0.717) is 11.7 Å². The van der Waals surface area contributed by atoms with Gasteiger partial charge in [0.15, 0.2) is 0 Å². The van der Waals surface area contributed by atoms with E-state index in [2.05, 4.69) is 21.0 Å². The van der Waals surface area contributed by atoms with Gasteiger partial charge < -0.3 is 10.5 Å². The van der Waals surface area contributed by atoms with E-state index in [1.807, 2.05) is 24.3 Å². The number of nitrogens with zero attached hydrogens (tertiary/aromatic N) is 2. The van der Waals surface area contributed by atoms with Crippen LogP contribution in [0.25, 0.3) is 5.69 Å². The van der Waals surface area contributed by atoms with Gasteiger partial charge >= 0.3 is 0 Å². The van der Waals surface area contributed by atoms with E-state index in [1.165, 1.54) is 0 Å². The van der Waals surface area contributed by atoms with Gasteiger partial charge in [0.2, 0.25) is 5.88 Å². The summed E-state index contributed by atoms with van der Waals surface area (Å²) in [7, 11) is 1.56. The van der Waals surface area contributed by atoms with Crippen LogP contribution < -0.4 is 10.5 Å². The molecule has 15 heavy (non-hydrogen) atoms. The molecule has 78 valence electrons. The van der Waals surface area contributed by atoms with Gasteiger partial charge in [-0.25, -0.2) is 4.68 Å². The van der Waals surface area contributed by atoms with Gasteiger partial charge in [-0.15, -0.1) is 5.10 Å². The SMILES string of the molecule is COc1cc(N)n(-c2cccc(Br)c2)n1. The third kappa shape index (κ3) is 1.97. The molecule has 5 heteroatoms. The van der Waals surface area contributed by atoms with Crippen LogP contribution in [0.1, 0.15) is 0 Å². The van der Waals surface area contributed by atoms with Crippen LogP contribution in [0, 0.1) is 0 Å². The van der Waals surface area contributed by atoms with Crippen LogP contribution >= 0.6 is 15.9 Å². The number of ether oxygens (including phenoxy) is 1. The Morgan fingerprint density at radius 3 is 2.80 bits per heavy atom. The van der Waals surface area contributed by atoms with Crippen LogP contribution in [0.3, 0.4) is 0 Å². The molecule has 1 heterocycles. The number of rotatable bonds is 2. The molecule has 0 spiro atoms. The van der Waals surface area contributed by atoms with Gasteiger partial charge in [-0.1, -0.05) is 22.0 Å². The predicted molar refractivity (Wildman–Crippen MR) is 62.2 cm³/mol. The summed E-state index contributed by atoms with van der Waals surface area (Å²) in [6, 6.07) is 9.41. The number of benzene rings is 1. The molecule has 1 aromatic carbocycles. The van der Waals surface area contributed by atoms with Crippen LogP contribution in [0.15, 0.2) is 34.8 Å². The van der Waals surface area contributed by atoms with Gasteiger partial charge in [0, 0.05) is 10.5 Å². The lowest BCUT2D eigenvalue weighted by Crippen LogP contribution is -2.01. The Morgan fingerprint density at radius 1 is 1.40 bits per heavy atom. The maximum Gasteiger partial charge on any atom is 0.235 e. The molecule has 0 aliphatic carbocycles. The van der Waals surface area contributed by atoms with E-state index in [0.717, 1.165) is 10.2 Å². The number of aromatic nitrogens is 2. The molecule has 2 rings (SSSR count).